The molecular weight excluding hydrogens is 419 g/mol. The van der Waals surface area contributed by atoms with Crippen LogP contribution in [0.5, 0.6) is 5.75 Å². The highest BCUT2D eigenvalue weighted by Gasteiger charge is 2.22. The van der Waals surface area contributed by atoms with Crippen molar-refractivity contribution in [3.63, 3.8) is 0 Å². The number of aromatic nitrogens is 2. The van der Waals surface area contributed by atoms with E-state index in [2.05, 4.69) is 15.3 Å². The number of carbonyl (C=O) groups is 1. The molecule has 0 unspecified atom stereocenters. The topological polar surface area (TPSA) is 90.1 Å². The number of nitrogens with one attached hydrogen (secondary N) is 1. The Bertz CT molecular complexity index is 973. The van der Waals surface area contributed by atoms with Crippen molar-refractivity contribution < 1.29 is 9.53 Å². The van der Waals surface area contributed by atoms with E-state index in [4.69, 9.17) is 22.1 Å². The zero-order valence-electron chi connectivity index (χ0n) is 14.9. The Balaban J connectivity index is 0.00000225. The van der Waals surface area contributed by atoms with Crippen molar-refractivity contribution in [3.05, 3.63) is 46.7 Å². The summed E-state index contributed by atoms with van der Waals surface area (Å²) in [5.74, 6) is 0.361. The summed E-state index contributed by atoms with van der Waals surface area (Å²) in [7, 11) is 0. The molecular formula is C19H20Cl2N4O2S. The summed E-state index contributed by atoms with van der Waals surface area (Å²) in [5, 5.41) is 5.23. The Labute approximate surface area is 177 Å². The first kappa shape index (κ1) is 20.8. The number of ether oxygens (including phenoxy) is 1. The zero-order chi connectivity index (χ0) is 18.8. The lowest BCUT2D eigenvalue weighted by atomic mass is 9.94. The van der Waals surface area contributed by atoms with Gasteiger partial charge in [-0.05, 0) is 43.9 Å². The molecule has 4 rings (SSSR count). The van der Waals surface area contributed by atoms with Crippen LogP contribution >= 0.6 is 35.3 Å². The van der Waals surface area contributed by atoms with Crippen LogP contribution in [0.25, 0.3) is 10.2 Å². The van der Waals surface area contributed by atoms with Gasteiger partial charge in [0.2, 0.25) is 0 Å². The fourth-order valence-electron chi connectivity index (χ4n) is 3.22. The lowest BCUT2D eigenvalue weighted by molar-refractivity contribution is 0.102. The van der Waals surface area contributed by atoms with Gasteiger partial charge in [0.05, 0.1) is 27.6 Å². The first-order valence-corrected chi connectivity index (χ1v) is 10.1. The number of anilines is 1. The summed E-state index contributed by atoms with van der Waals surface area (Å²) in [6.45, 7) is 0. The van der Waals surface area contributed by atoms with Crippen LogP contribution in [0.1, 0.15) is 36.0 Å². The highest BCUT2D eigenvalue weighted by Crippen LogP contribution is 2.33. The van der Waals surface area contributed by atoms with Gasteiger partial charge in [-0.3, -0.25) is 4.79 Å². The van der Waals surface area contributed by atoms with Crippen LogP contribution in [0.15, 0.2) is 36.1 Å². The molecule has 6 nitrogen and oxygen atoms in total. The highest BCUT2D eigenvalue weighted by atomic mass is 35.5. The fourth-order valence-corrected chi connectivity index (χ4v) is 4.25. The van der Waals surface area contributed by atoms with E-state index in [-0.39, 0.29) is 30.5 Å². The number of halogens is 2. The van der Waals surface area contributed by atoms with Gasteiger partial charge < -0.3 is 15.8 Å². The van der Waals surface area contributed by atoms with E-state index in [1.165, 1.54) is 17.7 Å². The second-order valence-corrected chi connectivity index (χ2v) is 7.98. The maximum absolute atomic E-state index is 12.8. The number of hydrogen-bond donors (Lipinski definition) is 2. The summed E-state index contributed by atoms with van der Waals surface area (Å²) in [4.78, 5) is 21.0. The van der Waals surface area contributed by atoms with Crippen LogP contribution in [0.4, 0.5) is 5.69 Å². The van der Waals surface area contributed by atoms with E-state index < -0.39 is 0 Å². The smallest absolute Gasteiger partial charge is 0.258 e. The van der Waals surface area contributed by atoms with Gasteiger partial charge in [0, 0.05) is 22.6 Å². The molecule has 0 atom stereocenters. The van der Waals surface area contributed by atoms with Crippen molar-refractivity contribution in [2.24, 2.45) is 5.73 Å². The molecule has 28 heavy (non-hydrogen) atoms. The highest BCUT2D eigenvalue weighted by molar-refractivity contribution is 7.17. The van der Waals surface area contributed by atoms with Gasteiger partial charge in [-0.25, -0.2) is 9.97 Å². The van der Waals surface area contributed by atoms with Crippen molar-refractivity contribution >= 4 is 57.2 Å². The first-order valence-electron chi connectivity index (χ1n) is 8.80. The molecule has 1 amide bonds. The number of rotatable bonds is 4. The number of fused-ring (bicyclic) bond motifs is 1. The number of amides is 1. The predicted molar refractivity (Wildman–Crippen MR) is 115 cm³/mol. The molecule has 0 aliphatic heterocycles. The quantitative estimate of drug-likeness (QED) is 0.617. The van der Waals surface area contributed by atoms with E-state index in [9.17, 15) is 4.79 Å². The normalized spacial score (nSPS) is 19.1. The summed E-state index contributed by atoms with van der Waals surface area (Å²) in [5.41, 5.74) is 7.66. The first-order chi connectivity index (χ1) is 13.1. The Kier molecular flexibility index (Phi) is 6.72. The molecule has 1 aromatic carbocycles. The summed E-state index contributed by atoms with van der Waals surface area (Å²) in [6, 6.07) is 5.50. The molecule has 0 spiro atoms. The molecule has 9 heteroatoms. The summed E-state index contributed by atoms with van der Waals surface area (Å²) in [6.07, 6.45) is 6.93. The number of carbonyl (C=O) groups excluding carboxylic acids is 1. The molecule has 1 aliphatic rings. The average Bonchev–Trinajstić information content (AvgIpc) is 3.10. The second kappa shape index (κ2) is 9.05. The van der Waals surface area contributed by atoms with Crippen molar-refractivity contribution in [1.82, 2.24) is 9.97 Å². The Morgan fingerprint density at radius 2 is 2.07 bits per heavy atom. The Morgan fingerprint density at radius 1 is 1.29 bits per heavy atom. The Morgan fingerprint density at radius 3 is 2.86 bits per heavy atom. The van der Waals surface area contributed by atoms with Gasteiger partial charge in [-0.2, -0.15) is 0 Å². The lowest BCUT2D eigenvalue weighted by Gasteiger charge is -2.27. The van der Waals surface area contributed by atoms with Crippen molar-refractivity contribution in [2.45, 2.75) is 37.8 Å². The van der Waals surface area contributed by atoms with Crippen LogP contribution in [0.2, 0.25) is 5.02 Å². The number of thiophene rings is 1. The molecule has 0 bridgehead atoms. The average molecular weight is 439 g/mol. The number of nitrogens with zero attached hydrogens (tertiary/aromatic N) is 2. The summed E-state index contributed by atoms with van der Waals surface area (Å²) >= 11 is 7.57. The maximum Gasteiger partial charge on any atom is 0.258 e. The molecule has 0 saturated heterocycles. The minimum Gasteiger partial charge on any atom is -0.488 e. The van der Waals surface area contributed by atoms with E-state index in [0.717, 1.165) is 30.4 Å². The Hall–Kier alpha value is -1.93. The van der Waals surface area contributed by atoms with Gasteiger partial charge in [-0.15, -0.1) is 23.7 Å². The molecule has 0 radical (unpaired) electrons. The fraction of sp³-hybridized carbons (Fsp3) is 0.316. The minimum absolute atomic E-state index is 0. The second-order valence-electron chi connectivity index (χ2n) is 6.63. The lowest BCUT2D eigenvalue weighted by Crippen LogP contribution is -2.31. The molecule has 1 fully saturated rings. The third-order valence-corrected chi connectivity index (χ3v) is 5.83. The molecule has 1 saturated carbocycles. The standard InChI is InChI=1S/C19H19ClN4O2S.ClH/c20-11-1-6-16(26-13-4-2-12(21)3-5-13)15(7-11)24-19(25)14-9-27-17-8-22-10-23-18(14)17;/h1,6-10,12-13H,2-5,21H2,(H,24,25);1H. The van der Waals surface area contributed by atoms with Crippen LogP contribution in [-0.2, 0) is 0 Å². The van der Waals surface area contributed by atoms with Gasteiger partial charge in [0.15, 0.2) is 0 Å². The van der Waals surface area contributed by atoms with E-state index in [0.29, 0.717) is 27.5 Å². The zero-order valence-corrected chi connectivity index (χ0v) is 17.3. The minimum atomic E-state index is -0.252. The van der Waals surface area contributed by atoms with Crippen LogP contribution < -0.4 is 15.8 Å². The molecule has 3 N–H and O–H groups in total. The molecule has 2 aromatic heterocycles. The number of benzene rings is 1. The predicted octanol–water partition coefficient (Wildman–Crippen LogP) is 4.67. The third kappa shape index (κ3) is 4.55. The summed E-state index contributed by atoms with van der Waals surface area (Å²) < 4.78 is 7.01. The number of hydrogen-bond acceptors (Lipinski definition) is 6. The van der Waals surface area contributed by atoms with Gasteiger partial charge in [0.25, 0.3) is 5.91 Å². The largest absolute Gasteiger partial charge is 0.488 e. The van der Waals surface area contributed by atoms with Crippen molar-refractivity contribution in [2.75, 3.05) is 5.32 Å². The van der Waals surface area contributed by atoms with E-state index >= 15 is 0 Å². The van der Waals surface area contributed by atoms with Gasteiger partial charge in [0.1, 0.15) is 12.1 Å². The SMILES string of the molecule is Cl.NC1CCC(Oc2ccc(Cl)cc2NC(=O)c2csc3cncnc23)CC1. The van der Waals surface area contributed by atoms with Crippen LogP contribution in [0.3, 0.4) is 0 Å². The maximum atomic E-state index is 12.8. The molecule has 3 aromatic rings. The van der Waals surface area contributed by atoms with Crippen LogP contribution in [-0.4, -0.2) is 28.0 Å². The van der Waals surface area contributed by atoms with Crippen LogP contribution in [0, 0.1) is 0 Å². The van der Waals surface area contributed by atoms with E-state index in [1.54, 1.807) is 29.8 Å². The molecule has 148 valence electrons. The number of nitrogens with two attached hydrogens (primary N) is 1. The molecule has 2 heterocycles. The monoisotopic (exact) mass is 438 g/mol. The van der Waals surface area contributed by atoms with Gasteiger partial charge in [-0.1, -0.05) is 11.6 Å². The van der Waals surface area contributed by atoms with Gasteiger partial charge >= 0.3 is 0 Å². The van der Waals surface area contributed by atoms with Crippen molar-refractivity contribution in [3.8, 4) is 5.75 Å². The van der Waals surface area contributed by atoms with Crippen molar-refractivity contribution in [1.29, 1.82) is 0 Å². The molecule has 1 aliphatic carbocycles. The third-order valence-electron chi connectivity index (χ3n) is 4.68. The van der Waals surface area contributed by atoms with E-state index in [1.807, 2.05) is 0 Å².